The fourth-order valence-electron chi connectivity index (χ4n) is 1.50. The van der Waals surface area contributed by atoms with E-state index in [1.165, 1.54) is 6.26 Å². The largest absolute Gasteiger partial charge is 0.455 e. The minimum Gasteiger partial charge on any atom is -0.455 e. The van der Waals surface area contributed by atoms with Crippen LogP contribution >= 0.6 is 12.0 Å². The van der Waals surface area contributed by atoms with Crippen LogP contribution in [0.1, 0.15) is 5.76 Å². The maximum atomic E-state index is 12.0. The highest BCUT2D eigenvalue weighted by Crippen LogP contribution is 2.29. The Bertz CT molecular complexity index is 613. The maximum absolute atomic E-state index is 12.0. The summed E-state index contributed by atoms with van der Waals surface area (Å²) in [7, 11) is 0. The van der Waals surface area contributed by atoms with Crippen molar-refractivity contribution in [1.82, 2.24) is 0 Å². The summed E-state index contributed by atoms with van der Waals surface area (Å²) < 4.78 is 10.6. The Morgan fingerprint density at radius 3 is 3.00 bits per heavy atom. The number of fused-ring (bicyclic) bond motifs is 2. The lowest BCUT2D eigenvalue weighted by Gasteiger charge is -2.08. The van der Waals surface area contributed by atoms with Gasteiger partial charge in [0.05, 0.1) is 17.4 Å². The average Bonchev–Trinajstić information content (AvgIpc) is 2.30. The van der Waals surface area contributed by atoms with Crippen molar-refractivity contribution in [3.63, 3.8) is 0 Å². The lowest BCUT2D eigenvalue weighted by molar-refractivity contribution is 0.531. The predicted molar refractivity (Wildman–Crippen MR) is 58.5 cm³/mol. The second kappa shape index (κ2) is 3.17. The van der Waals surface area contributed by atoms with E-state index in [2.05, 4.69) is 0 Å². The molecule has 0 fully saturated rings. The second-order valence-electron chi connectivity index (χ2n) is 3.10. The number of para-hydroxylation sites is 1. The highest BCUT2D eigenvalue weighted by Gasteiger charge is 2.16. The van der Waals surface area contributed by atoms with Crippen LogP contribution in [0.25, 0.3) is 17.0 Å². The standard InChI is InChI=1S/C11H6O3S/c12-10-7-3-1-2-4-8(7)14-9-5-6-13-15-11(9)10/h1-6H. The van der Waals surface area contributed by atoms with Crippen molar-refractivity contribution in [2.75, 3.05) is 0 Å². The van der Waals surface area contributed by atoms with Crippen LogP contribution in [0, 0.1) is 0 Å². The zero-order valence-corrected chi connectivity index (χ0v) is 8.41. The van der Waals surface area contributed by atoms with E-state index in [1.807, 2.05) is 12.1 Å². The topological polar surface area (TPSA) is 39.4 Å². The summed E-state index contributed by atoms with van der Waals surface area (Å²) in [5, 5.41) is 0.586. The Balaban J connectivity index is 2.48. The molecule has 2 aromatic rings. The van der Waals surface area contributed by atoms with Gasteiger partial charge in [0.25, 0.3) is 0 Å². The van der Waals surface area contributed by atoms with Crippen LogP contribution in [-0.4, -0.2) is 0 Å². The minimum atomic E-state index is -0.0406. The van der Waals surface area contributed by atoms with Gasteiger partial charge in [0.2, 0.25) is 5.43 Å². The van der Waals surface area contributed by atoms with Gasteiger partial charge in [0, 0.05) is 6.08 Å². The Labute approximate surface area is 89.6 Å². The average molecular weight is 218 g/mol. The smallest absolute Gasteiger partial charge is 0.210 e. The summed E-state index contributed by atoms with van der Waals surface area (Å²) in [6.45, 7) is 0. The number of hydrogen-bond acceptors (Lipinski definition) is 4. The summed E-state index contributed by atoms with van der Waals surface area (Å²) in [5.41, 5.74) is 0.564. The van der Waals surface area contributed by atoms with Gasteiger partial charge in [-0.2, -0.15) is 0 Å². The molecule has 0 aliphatic carbocycles. The zero-order valence-electron chi connectivity index (χ0n) is 7.60. The molecule has 1 aliphatic heterocycles. The van der Waals surface area contributed by atoms with Crippen LogP contribution in [0.2, 0.25) is 0 Å². The fourth-order valence-corrected chi connectivity index (χ4v) is 2.08. The zero-order chi connectivity index (χ0) is 10.3. The molecule has 1 aliphatic rings. The van der Waals surface area contributed by atoms with Crippen molar-refractivity contribution in [1.29, 1.82) is 0 Å². The molecule has 1 aromatic heterocycles. The van der Waals surface area contributed by atoms with Gasteiger partial charge in [-0.3, -0.25) is 4.79 Å². The molecule has 74 valence electrons. The third kappa shape index (κ3) is 1.26. The lowest BCUT2D eigenvalue weighted by atomic mass is 10.2. The molecular weight excluding hydrogens is 212 g/mol. The SMILES string of the molecule is O=c1c2c(oc3ccccc13)C=COS2. The van der Waals surface area contributed by atoms with Gasteiger partial charge < -0.3 is 8.60 Å². The third-order valence-corrected chi connectivity index (χ3v) is 2.95. The molecule has 0 amide bonds. The molecule has 0 bridgehead atoms. The highest BCUT2D eigenvalue weighted by atomic mass is 32.2. The quantitative estimate of drug-likeness (QED) is 0.637. The van der Waals surface area contributed by atoms with E-state index in [9.17, 15) is 4.79 Å². The van der Waals surface area contributed by atoms with E-state index >= 15 is 0 Å². The van der Waals surface area contributed by atoms with Crippen LogP contribution in [0.5, 0.6) is 0 Å². The molecule has 0 atom stereocenters. The van der Waals surface area contributed by atoms with E-state index in [4.69, 9.17) is 8.60 Å². The van der Waals surface area contributed by atoms with Gasteiger partial charge in [0.1, 0.15) is 16.7 Å². The molecule has 0 unspecified atom stereocenters. The first-order valence-electron chi connectivity index (χ1n) is 4.42. The molecular formula is C11H6O3S. The molecule has 0 spiro atoms. The Hall–Kier alpha value is -1.68. The van der Waals surface area contributed by atoms with E-state index in [1.54, 1.807) is 18.2 Å². The van der Waals surface area contributed by atoms with Crippen LogP contribution < -0.4 is 5.43 Å². The molecule has 4 heteroatoms. The van der Waals surface area contributed by atoms with Crippen LogP contribution in [0.4, 0.5) is 0 Å². The first-order chi connectivity index (χ1) is 7.36. The first-order valence-corrected chi connectivity index (χ1v) is 5.16. The van der Waals surface area contributed by atoms with Crippen molar-refractivity contribution in [3.05, 3.63) is 46.5 Å². The normalized spacial score (nSPS) is 13.6. The molecule has 1 aromatic carbocycles. The van der Waals surface area contributed by atoms with Crippen LogP contribution in [0.3, 0.4) is 0 Å². The van der Waals surface area contributed by atoms with Crippen LogP contribution in [0.15, 0.2) is 44.6 Å². The van der Waals surface area contributed by atoms with E-state index < -0.39 is 0 Å². The van der Waals surface area contributed by atoms with Crippen molar-refractivity contribution < 1.29 is 8.60 Å². The van der Waals surface area contributed by atoms with E-state index in [-0.39, 0.29) is 5.43 Å². The highest BCUT2D eigenvalue weighted by molar-refractivity contribution is 7.94. The van der Waals surface area contributed by atoms with Gasteiger partial charge in [0.15, 0.2) is 5.76 Å². The Morgan fingerprint density at radius 2 is 2.07 bits per heavy atom. The number of benzene rings is 1. The number of rotatable bonds is 0. The van der Waals surface area contributed by atoms with Crippen molar-refractivity contribution in [3.8, 4) is 0 Å². The van der Waals surface area contributed by atoms with Crippen LogP contribution in [-0.2, 0) is 4.18 Å². The van der Waals surface area contributed by atoms with Crippen molar-refractivity contribution in [2.24, 2.45) is 0 Å². The van der Waals surface area contributed by atoms with Gasteiger partial charge in [-0.05, 0) is 12.1 Å². The summed E-state index contributed by atoms with van der Waals surface area (Å²) >= 11 is 1.04. The monoisotopic (exact) mass is 218 g/mol. The second-order valence-corrected chi connectivity index (χ2v) is 3.87. The summed E-state index contributed by atoms with van der Waals surface area (Å²) in [5.74, 6) is 0.565. The summed E-state index contributed by atoms with van der Waals surface area (Å²) in [6.07, 6.45) is 3.16. The van der Waals surface area contributed by atoms with E-state index in [0.717, 1.165) is 12.0 Å². The maximum Gasteiger partial charge on any atom is 0.210 e. The Kier molecular flexibility index (Phi) is 1.82. The third-order valence-electron chi connectivity index (χ3n) is 2.19. The van der Waals surface area contributed by atoms with Crippen molar-refractivity contribution >= 4 is 29.1 Å². The molecule has 2 heterocycles. The molecule has 0 N–H and O–H groups in total. The first kappa shape index (κ1) is 8.61. The van der Waals surface area contributed by atoms with Gasteiger partial charge in [-0.25, -0.2) is 0 Å². The molecule has 0 saturated carbocycles. The van der Waals surface area contributed by atoms with Gasteiger partial charge >= 0.3 is 0 Å². The molecule has 15 heavy (non-hydrogen) atoms. The fraction of sp³-hybridized carbons (Fsp3) is 0. The Morgan fingerprint density at radius 1 is 1.20 bits per heavy atom. The lowest BCUT2D eigenvalue weighted by Crippen LogP contribution is -2.07. The van der Waals surface area contributed by atoms with E-state index in [0.29, 0.717) is 21.6 Å². The molecule has 3 nitrogen and oxygen atoms in total. The summed E-state index contributed by atoms with van der Waals surface area (Å²) in [6, 6.07) is 7.19. The molecule has 3 rings (SSSR count). The number of hydrogen-bond donors (Lipinski definition) is 0. The van der Waals surface area contributed by atoms with Gasteiger partial charge in [-0.15, -0.1) is 0 Å². The van der Waals surface area contributed by atoms with Gasteiger partial charge in [-0.1, -0.05) is 12.1 Å². The van der Waals surface area contributed by atoms with Crippen molar-refractivity contribution in [2.45, 2.75) is 4.90 Å². The predicted octanol–water partition coefficient (Wildman–Crippen LogP) is 2.80. The minimum absolute atomic E-state index is 0.0406. The summed E-state index contributed by atoms with van der Waals surface area (Å²) in [4.78, 5) is 12.5. The molecule has 0 saturated heterocycles. The molecule has 0 radical (unpaired) electrons.